The summed E-state index contributed by atoms with van der Waals surface area (Å²) in [5.74, 6) is 2.12. The van der Waals surface area contributed by atoms with E-state index in [9.17, 15) is 0 Å². The van der Waals surface area contributed by atoms with E-state index in [4.69, 9.17) is 0 Å². The number of hydrogen-bond acceptors (Lipinski definition) is 0. The molecule has 0 aliphatic heterocycles. The highest BCUT2D eigenvalue weighted by Crippen LogP contribution is 2.32. The molecule has 0 aromatic heterocycles. The maximum absolute atomic E-state index is 3.50. The van der Waals surface area contributed by atoms with E-state index >= 15 is 0 Å². The van der Waals surface area contributed by atoms with Crippen molar-refractivity contribution in [3.05, 3.63) is 0 Å². The molecule has 0 amide bonds. The Morgan fingerprint density at radius 2 is 1.67 bits per heavy atom. The minimum Gasteiger partial charge on any atom is -0.0928 e. The van der Waals surface area contributed by atoms with Crippen molar-refractivity contribution < 1.29 is 0 Å². The molecular formula is C11H21Br. The second kappa shape index (κ2) is 6.01. The molecular weight excluding hydrogens is 212 g/mol. The van der Waals surface area contributed by atoms with Gasteiger partial charge >= 0.3 is 0 Å². The number of hydrogen-bond donors (Lipinski definition) is 0. The zero-order valence-corrected chi connectivity index (χ0v) is 9.78. The molecule has 1 aliphatic rings. The fraction of sp³-hybridized carbons (Fsp3) is 1.00. The van der Waals surface area contributed by atoms with Crippen LogP contribution in [0.2, 0.25) is 0 Å². The van der Waals surface area contributed by atoms with E-state index in [1.165, 1.54) is 50.3 Å². The molecule has 0 spiro atoms. The van der Waals surface area contributed by atoms with Crippen LogP contribution in [-0.4, -0.2) is 5.33 Å². The molecule has 0 aromatic carbocycles. The van der Waals surface area contributed by atoms with Gasteiger partial charge in [-0.15, -0.1) is 0 Å². The van der Waals surface area contributed by atoms with E-state index in [1.807, 2.05) is 0 Å². The fourth-order valence-corrected chi connectivity index (χ4v) is 2.62. The van der Waals surface area contributed by atoms with Gasteiger partial charge in [-0.05, 0) is 24.7 Å². The summed E-state index contributed by atoms with van der Waals surface area (Å²) in [6, 6.07) is 0. The van der Waals surface area contributed by atoms with Crippen molar-refractivity contribution in [2.24, 2.45) is 11.8 Å². The number of alkyl halides is 1. The summed E-state index contributed by atoms with van der Waals surface area (Å²) in [5, 5.41) is 1.20. The Morgan fingerprint density at radius 1 is 1.08 bits per heavy atom. The van der Waals surface area contributed by atoms with Gasteiger partial charge in [-0.1, -0.05) is 55.0 Å². The Bertz CT molecular complexity index is 104. The molecule has 1 rings (SSSR count). The third kappa shape index (κ3) is 3.47. The summed E-state index contributed by atoms with van der Waals surface area (Å²) in [6.45, 7) is 2.34. The van der Waals surface area contributed by atoms with Crippen LogP contribution in [0.3, 0.4) is 0 Å². The molecule has 0 unspecified atom stereocenters. The Labute approximate surface area is 85.3 Å². The van der Waals surface area contributed by atoms with Gasteiger partial charge < -0.3 is 0 Å². The standard InChI is InChI=1S/C11H21Br/c1-2-10-5-7-11(8-6-10)4-3-9-12/h10-11H,2-9H2,1H3. The number of rotatable bonds is 4. The van der Waals surface area contributed by atoms with Gasteiger partial charge in [-0.3, -0.25) is 0 Å². The summed E-state index contributed by atoms with van der Waals surface area (Å²) < 4.78 is 0. The minimum absolute atomic E-state index is 1.06. The molecule has 0 nitrogen and oxygen atoms in total. The zero-order chi connectivity index (χ0) is 8.81. The average molecular weight is 233 g/mol. The van der Waals surface area contributed by atoms with E-state index in [0.717, 1.165) is 11.8 Å². The molecule has 0 atom stereocenters. The molecule has 1 heteroatoms. The Hall–Kier alpha value is 0.480. The first-order valence-corrected chi connectivity index (χ1v) is 6.55. The minimum atomic E-state index is 1.06. The SMILES string of the molecule is CCC1CCC(CCCBr)CC1. The van der Waals surface area contributed by atoms with Crippen LogP contribution in [0.1, 0.15) is 51.9 Å². The first kappa shape index (κ1) is 10.6. The fourth-order valence-electron chi connectivity index (χ4n) is 2.29. The largest absolute Gasteiger partial charge is 0.0928 e. The lowest BCUT2D eigenvalue weighted by Crippen LogP contribution is -2.13. The molecule has 0 heterocycles. The molecule has 1 saturated carbocycles. The highest BCUT2D eigenvalue weighted by atomic mass is 79.9. The lowest BCUT2D eigenvalue weighted by molar-refractivity contribution is 0.258. The van der Waals surface area contributed by atoms with Crippen LogP contribution in [0.4, 0.5) is 0 Å². The normalized spacial score (nSPS) is 30.5. The predicted octanol–water partition coefficient (Wildman–Crippen LogP) is 4.38. The van der Waals surface area contributed by atoms with Crippen molar-refractivity contribution in [3.8, 4) is 0 Å². The van der Waals surface area contributed by atoms with Gasteiger partial charge in [0.2, 0.25) is 0 Å². The summed E-state index contributed by atoms with van der Waals surface area (Å²) in [6.07, 6.45) is 10.3. The highest BCUT2D eigenvalue weighted by Gasteiger charge is 2.18. The molecule has 1 fully saturated rings. The number of halogens is 1. The van der Waals surface area contributed by atoms with Gasteiger partial charge in [0.15, 0.2) is 0 Å². The van der Waals surface area contributed by atoms with Crippen LogP contribution in [0.5, 0.6) is 0 Å². The molecule has 1 aliphatic carbocycles. The van der Waals surface area contributed by atoms with Gasteiger partial charge in [0.25, 0.3) is 0 Å². The van der Waals surface area contributed by atoms with E-state index in [-0.39, 0.29) is 0 Å². The molecule has 0 aromatic rings. The van der Waals surface area contributed by atoms with Crippen LogP contribution in [0.25, 0.3) is 0 Å². The quantitative estimate of drug-likeness (QED) is 0.632. The average Bonchev–Trinajstić information content (AvgIpc) is 2.15. The van der Waals surface area contributed by atoms with Gasteiger partial charge in [0.1, 0.15) is 0 Å². The molecule has 0 radical (unpaired) electrons. The van der Waals surface area contributed by atoms with Gasteiger partial charge in [0.05, 0.1) is 0 Å². The van der Waals surface area contributed by atoms with E-state index in [0.29, 0.717) is 0 Å². The van der Waals surface area contributed by atoms with Crippen molar-refractivity contribution >= 4 is 15.9 Å². The monoisotopic (exact) mass is 232 g/mol. The van der Waals surface area contributed by atoms with E-state index in [1.54, 1.807) is 0 Å². The van der Waals surface area contributed by atoms with E-state index < -0.39 is 0 Å². The van der Waals surface area contributed by atoms with Crippen LogP contribution in [0, 0.1) is 11.8 Å². The lowest BCUT2D eigenvalue weighted by Gasteiger charge is -2.27. The Morgan fingerprint density at radius 3 is 2.17 bits per heavy atom. The van der Waals surface area contributed by atoms with Crippen LogP contribution in [-0.2, 0) is 0 Å². The summed E-state index contributed by atoms with van der Waals surface area (Å²) in [4.78, 5) is 0. The zero-order valence-electron chi connectivity index (χ0n) is 8.19. The Kier molecular flexibility index (Phi) is 5.29. The summed E-state index contributed by atoms with van der Waals surface area (Å²) >= 11 is 3.50. The molecule has 0 saturated heterocycles. The van der Waals surface area contributed by atoms with Crippen LogP contribution in [0.15, 0.2) is 0 Å². The third-order valence-electron chi connectivity index (χ3n) is 3.29. The predicted molar refractivity (Wildman–Crippen MR) is 58.8 cm³/mol. The summed E-state index contributed by atoms with van der Waals surface area (Å²) in [7, 11) is 0. The second-order valence-electron chi connectivity index (χ2n) is 4.13. The maximum atomic E-state index is 3.50. The Balaban J connectivity index is 2.09. The second-order valence-corrected chi connectivity index (χ2v) is 4.92. The highest BCUT2D eigenvalue weighted by molar-refractivity contribution is 9.09. The molecule has 0 N–H and O–H groups in total. The van der Waals surface area contributed by atoms with Crippen LogP contribution >= 0.6 is 15.9 Å². The van der Waals surface area contributed by atoms with Crippen molar-refractivity contribution in [1.29, 1.82) is 0 Å². The lowest BCUT2D eigenvalue weighted by atomic mass is 9.79. The van der Waals surface area contributed by atoms with Crippen molar-refractivity contribution in [2.75, 3.05) is 5.33 Å². The van der Waals surface area contributed by atoms with Crippen molar-refractivity contribution in [3.63, 3.8) is 0 Å². The van der Waals surface area contributed by atoms with Gasteiger partial charge in [-0.2, -0.15) is 0 Å². The molecule has 72 valence electrons. The smallest absolute Gasteiger partial charge is 0.00314 e. The van der Waals surface area contributed by atoms with E-state index in [2.05, 4.69) is 22.9 Å². The summed E-state index contributed by atoms with van der Waals surface area (Å²) in [5.41, 5.74) is 0. The van der Waals surface area contributed by atoms with Gasteiger partial charge in [-0.25, -0.2) is 0 Å². The topological polar surface area (TPSA) is 0 Å². The first-order valence-electron chi connectivity index (χ1n) is 5.42. The van der Waals surface area contributed by atoms with Gasteiger partial charge in [0, 0.05) is 5.33 Å². The molecule has 0 bridgehead atoms. The first-order chi connectivity index (χ1) is 5.86. The maximum Gasteiger partial charge on any atom is 0.00314 e. The molecule has 12 heavy (non-hydrogen) atoms. The third-order valence-corrected chi connectivity index (χ3v) is 3.85. The van der Waals surface area contributed by atoms with Crippen molar-refractivity contribution in [1.82, 2.24) is 0 Å². The van der Waals surface area contributed by atoms with Crippen molar-refractivity contribution in [2.45, 2.75) is 51.9 Å². The van der Waals surface area contributed by atoms with Crippen LogP contribution < -0.4 is 0 Å².